The third-order valence-electron chi connectivity index (χ3n) is 9.18. The van der Waals surface area contributed by atoms with Crippen LogP contribution in [0.5, 0.6) is 11.5 Å². The fourth-order valence-corrected chi connectivity index (χ4v) is 8.17. The van der Waals surface area contributed by atoms with E-state index in [0.29, 0.717) is 40.8 Å². The number of benzene rings is 3. The Morgan fingerprint density at radius 1 is 1.00 bits per heavy atom. The van der Waals surface area contributed by atoms with Crippen LogP contribution in [-0.2, 0) is 30.7 Å². The zero-order chi connectivity index (χ0) is 35.5. The van der Waals surface area contributed by atoms with Crippen molar-refractivity contribution in [2.24, 2.45) is 11.8 Å². The number of hydrogen-bond donors (Lipinski definition) is 2. The Morgan fingerprint density at radius 3 is 2.55 bits per heavy atom. The van der Waals surface area contributed by atoms with Crippen LogP contribution in [0, 0.1) is 11.8 Å². The molecule has 4 aromatic rings. The number of carbonyl (C=O) groups excluding carboxylic acids is 1. The number of nitrogens with one attached hydrogen (secondary N) is 1. The van der Waals surface area contributed by atoms with Gasteiger partial charge in [0.25, 0.3) is 0 Å². The van der Waals surface area contributed by atoms with Crippen molar-refractivity contribution in [1.82, 2.24) is 14.6 Å². The van der Waals surface area contributed by atoms with Crippen LogP contribution in [0.2, 0.25) is 0 Å². The standard InChI is InChI=1S/C37H41N3O10S/c1-23(2)18-40(19-31(41)29(16-24-6-4-3-5-7-24)39-37(42)50-34-21-47-36-28(34)14-15-45-36)51(43,44)27-11-8-25(9-12-27)30-20-46-35(38-30)26-10-13-32-33(17-26)49-22-48-32/h3-13,17,20,23,28-29,31,34,36,41H,14-16,18-19,21-22H2,1-2H3,(H,39,42)/t28-,29-,31+,34-,36+/m0/s1. The smallest absolute Gasteiger partial charge is 0.407 e. The molecule has 2 saturated heterocycles. The lowest BCUT2D eigenvalue weighted by Crippen LogP contribution is -2.51. The normalized spacial score (nSPS) is 20.8. The van der Waals surface area contributed by atoms with Gasteiger partial charge in [0.15, 0.2) is 17.8 Å². The van der Waals surface area contributed by atoms with E-state index >= 15 is 0 Å². The maximum Gasteiger partial charge on any atom is 0.407 e. The minimum absolute atomic E-state index is 0.0484. The molecule has 3 aliphatic heterocycles. The SMILES string of the molecule is CC(C)CN(C[C@@H](O)[C@H](Cc1ccccc1)NC(=O)O[C@H]1CO[C@H]2OCC[C@H]21)S(=O)(=O)c1ccc(-c2coc(-c3ccc4c(c3)OCO4)n2)cc1. The van der Waals surface area contributed by atoms with Gasteiger partial charge in [0, 0.05) is 24.2 Å². The van der Waals surface area contributed by atoms with Gasteiger partial charge in [0.05, 0.1) is 36.2 Å². The molecule has 0 spiro atoms. The molecule has 1 aromatic heterocycles. The maximum absolute atomic E-state index is 14.1. The number of aromatic nitrogens is 1. The van der Waals surface area contributed by atoms with Crippen LogP contribution in [0.25, 0.3) is 22.7 Å². The average molecular weight is 720 g/mol. The lowest BCUT2D eigenvalue weighted by molar-refractivity contribution is -0.0907. The highest BCUT2D eigenvalue weighted by Gasteiger charge is 2.44. The number of aliphatic hydroxyl groups excluding tert-OH is 1. The third kappa shape index (κ3) is 7.90. The van der Waals surface area contributed by atoms with Gasteiger partial charge in [-0.3, -0.25) is 0 Å². The first kappa shape index (κ1) is 35.0. The van der Waals surface area contributed by atoms with Crippen LogP contribution in [0.4, 0.5) is 4.79 Å². The van der Waals surface area contributed by atoms with E-state index < -0.39 is 34.4 Å². The van der Waals surface area contributed by atoms with Crippen molar-refractivity contribution < 1.29 is 46.4 Å². The molecular formula is C37H41N3O10S. The van der Waals surface area contributed by atoms with Gasteiger partial charge in [-0.15, -0.1) is 0 Å². The summed E-state index contributed by atoms with van der Waals surface area (Å²) < 4.78 is 62.9. The van der Waals surface area contributed by atoms with Gasteiger partial charge in [-0.05, 0) is 54.7 Å². The van der Waals surface area contributed by atoms with Crippen LogP contribution < -0.4 is 14.8 Å². The fourth-order valence-electron chi connectivity index (χ4n) is 6.55. The number of alkyl carbamates (subject to hydrolysis) is 1. The largest absolute Gasteiger partial charge is 0.454 e. The second-order valence-electron chi connectivity index (χ2n) is 13.3. The summed E-state index contributed by atoms with van der Waals surface area (Å²) in [4.78, 5) is 17.8. The van der Waals surface area contributed by atoms with E-state index in [1.807, 2.05) is 50.2 Å². The minimum atomic E-state index is -4.07. The number of oxazole rings is 1. The molecule has 2 N–H and O–H groups in total. The summed E-state index contributed by atoms with van der Waals surface area (Å²) in [5.41, 5.74) is 2.76. The first-order valence-electron chi connectivity index (χ1n) is 17.0. The van der Waals surface area contributed by atoms with Gasteiger partial charge >= 0.3 is 6.09 Å². The van der Waals surface area contributed by atoms with Gasteiger partial charge in [0.1, 0.15) is 18.1 Å². The summed E-state index contributed by atoms with van der Waals surface area (Å²) in [5.74, 6) is 1.54. The van der Waals surface area contributed by atoms with Gasteiger partial charge in [-0.25, -0.2) is 18.2 Å². The third-order valence-corrected chi connectivity index (χ3v) is 11.0. The maximum atomic E-state index is 14.1. The molecule has 0 aliphatic carbocycles. The van der Waals surface area contributed by atoms with Crippen molar-refractivity contribution in [2.75, 3.05) is 33.1 Å². The summed E-state index contributed by atoms with van der Waals surface area (Å²) in [7, 11) is -4.07. The number of nitrogens with zero attached hydrogens (tertiary/aromatic N) is 2. The van der Waals surface area contributed by atoms with E-state index in [-0.39, 0.29) is 55.9 Å². The number of amides is 1. The number of rotatable bonds is 13. The zero-order valence-electron chi connectivity index (χ0n) is 28.3. The molecule has 5 atom stereocenters. The Balaban J connectivity index is 1.06. The Labute approximate surface area is 296 Å². The molecule has 51 heavy (non-hydrogen) atoms. The van der Waals surface area contributed by atoms with E-state index in [9.17, 15) is 18.3 Å². The van der Waals surface area contributed by atoms with Gasteiger partial charge in [-0.1, -0.05) is 56.3 Å². The van der Waals surface area contributed by atoms with Crippen LogP contribution in [0.1, 0.15) is 25.8 Å². The molecule has 13 nitrogen and oxygen atoms in total. The van der Waals surface area contributed by atoms with Crippen molar-refractivity contribution in [3.8, 4) is 34.2 Å². The number of aliphatic hydroxyl groups is 1. The molecule has 4 heterocycles. The molecule has 14 heteroatoms. The highest BCUT2D eigenvalue weighted by atomic mass is 32.2. The van der Waals surface area contributed by atoms with E-state index in [4.69, 9.17) is 28.1 Å². The molecule has 0 saturated carbocycles. The number of hydrogen-bond acceptors (Lipinski definition) is 11. The van der Waals surface area contributed by atoms with Gasteiger partial charge in [0.2, 0.25) is 22.7 Å². The van der Waals surface area contributed by atoms with Crippen LogP contribution in [0.3, 0.4) is 0 Å². The summed E-state index contributed by atoms with van der Waals surface area (Å²) in [6.45, 7) is 4.62. The summed E-state index contributed by atoms with van der Waals surface area (Å²) in [6.07, 6.45) is -0.342. The first-order chi connectivity index (χ1) is 24.6. The number of fused-ring (bicyclic) bond motifs is 2. The fraction of sp³-hybridized carbons (Fsp3) is 0.405. The molecule has 0 bridgehead atoms. The summed E-state index contributed by atoms with van der Waals surface area (Å²) in [5, 5.41) is 14.4. The zero-order valence-corrected chi connectivity index (χ0v) is 29.2. The molecule has 2 fully saturated rings. The topological polar surface area (TPSA) is 159 Å². The van der Waals surface area contributed by atoms with Crippen molar-refractivity contribution in [2.45, 2.75) is 56.1 Å². The Kier molecular flexibility index (Phi) is 10.3. The second kappa shape index (κ2) is 15.0. The molecule has 3 aliphatic rings. The van der Waals surface area contributed by atoms with Crippen LogP contribution in [-0.4, -0.2) is 86.5 Å². The molecule has 270 valence electrons. The van der Waals surface area contributed by atoms with E-state index in [0.717, 1.165) is 12.0 Å². The second-order valence-corrected chi connectivity index (χ2v) is 15.3. The van der Waals surface area contributed by atoms with Gasteiger partial charge in [-0.2, -0.15) is 4.31 Å². The highest BCUT2D eigenvalue weighted by molar-refractivity contribution is 7.89. The quantitative estimate of drug-likeness (QED) is 0.195. The number of ether oxygens (including phenoxy) is 5. The molecule has 1 amide bonds. The number of sulfonamides is 1. The van der Waals surface area contributed by atoms with Crippen LogP contribution in [0.15, 0.2) is 88.4 Å². The predicted molar refractivity (Wildman–Crippen MR) is 184 cm³/mol. The van der Waals surface area contributed by atoms with Crippen molar-refractivity contribution in [3.63, 3.8) is 0 Å². The molecule has 7 rings (SSSR count). The summed E-state index contributed by atoms with van der Waals surface area (Å²) >= 11 is 0. The monoisotopic (exact) mass is 719 g/mol. The lowest BCUT2D eigenvalue weighted by atomic mass is 10.0. The van der Waals surface area contributed by atoms with Crippen LogP contribution >= 0.6 is 0 Å². The van der Waals surface area contributed by atoms with Crippen molar-refractivity contribution in [3.05, 3.63) is 84.6 Å². The molecule has 0 radical (unpaired) electrons. The minimum Gasteiger partial charge on any atom is -0.454 e. The van der Waals surface area contributed by atoms with Crippen molar-refractivity contribution in [1.29, 1.82) is 0 Å². The molecule has 0 unspecified atom stereocenters. The Bertz CT molecular complexity index is 1920. The predicted octanol–water partition coefficient (Wildman–Crippen LogP) is 4.84. The van der Waals surface area contributed by atoms with Gasteiger partial charge < -0.3 is 38.5 Å². The van der Waals surface area contributed by atoms with E-state index in [1.54, 1.807) is 24.3 Å². The Morgan fingerprint density at radius 2 is 1.76 bits per heavy atom. The number of carbonyl (C=O) groups is 1. The molecular weight excluding hydrogens is 678 g/mol. The highest BCUT2D eigenvalue weighted by Crippen LogP contribution is 2.37. The van der Waals surface area contributed by atoms with E-state index in [1.165, 1.54) is 22.7 Å². The average Bonchev–Trinajstić information content (AvgIpc) is 3.94. The molecule has 3 aromatic carbocycles. The lowest BCUT2D eigenvalue weighted by Gasteiger charge is -2.31. The Hall–Kier alpha value is -4.47. The van der Waals surface area contributed by atoms with Crippen molar-refractivity contribution >= 4 is 16.1 Å². The summed E-state index contributed by atoms with van der Waals surface area (Å²) in [6, 6.07) is 20.3. The first-order valence-corrected chi connectivity index (χ1v) is 18.5. The van der Waals surface area contributed by atoms with E-state index in [2.05, 4.69) is 10.3 Å².